The Balaban J connectivity index is 2.01. The van der Waals surface area contributed by atoms with Crippen molar-refractivity contribution in [1.82, 2.24) is 4.90 Å². The molecule has 15 heavy (non-hydrogen) atoms. The number of fused-ring (bicyclic) bond motifs is 3. The Morgan fingerprint density at radius 2 is 2.13 bits per heavy atom. The summed E-state index contributed by atoms with van der Waals surface area (Å²) in [4.78, 5) is 2.57. The van der Waals surface area contributed by atoms with E-state index < -0.39 is 0 Å². The lowest BCUT2D eigenvalue weighted by atomic mass is 9.87. The Kier molecular flexibility index (Phi) is 2.17. The summed E-state index contributed by atoms with van der Waals surface area (Å²) in [5, 5.41) is 9.56. The average molecular weight is 203 g/mol. The summed E-state index contributed by atoms with van der Waals surface area (Å²) < 4.78 is 0. The lowest BCUT2D eigenvalue weighted by Gasteiger charge is -2.40. The summed E-state index contributed by atoms with van der Waals surface area (Å²) in [7, 11) is 0. The summed E-state index contributed by atoms with van der Waals surface area (Å²) in [6, 6.07) is 6.46. The van der Waals surface area contributed by atoms with Crippen molar-refractivity contribution in [2.45, 2.75) is 31.7 Å². The van der Waals surface area contributed by atoms with Crippen LogP contribution < -0.4 is 0 Å². The molecule has 80 valence electrons. The predicted molar refractivity (Wildman–Crippen MR) is 60.0 cm³/mol. The summed E-state index contributed by atoms with van der Waals surface area (Å²) in [6.45, 7) is 2.43. The summed E-state index contributed by atoms with van der Waals surface area (Å²) in [5.74, 6) is 0.418. The van der Waals surface area contributed by atoms with Crippen molar-refractivity contribution in [3.8, 4) is 5.75 Å². The third-order valence-electron chi connectivity index (χ3n) is 3.77. The van der Waals surface area contributed by atoms with Crippen molar-refractivity contribution in [3.63, 3.8) is 0 Å². The van der Waals surface area contributed by atoms with Crippen molar-refractivity contribution >= 4 is 0 Å². The highest BCUT2D eigenvalue weighted by Gasteiger charge is 2.29. The normalized spacial score (nSPS) is 25.7. The maximum atomic E-state index is 9.56. The fraction of sp³-hybridized carbons (Fsp3) is 0.538. The molecular formula is C13H17NO. The Hall–Kier alpha value is -1.02. The van der Waals surface area contributed by atoms with E-state index in [1.165, 1.54) is 43.5 Å². The van der Waals surface area contributed by atoms with E-state index in [2.05, 4.69) is 11.0 Å². The van der Waals surface area contributed by atoms with Crippen LogP contribution in [0.1, 0.15) is 36.4 Å². The van der Waals surface area contributed by atoms with Gasteiger partial charge in [-0.05, 0) is 49.1 Å². The zero-order valence-corrected chi connectivity index (χ0v) is 8.95. The van der Waals surface area contributed by atoms with E-state index >= 15 is 0 Å². The molecule has 2 aliphatic rings. The molecule has 0 saturated carbocycles. The first-order chi connectivity index (χ1) is 7.34. The molecule has 2 nitrogen and oxygen atoms in total. The van der Waals surface area contributed by atoms with Crippen molar-refractivity contribution in [2.24, 2.45) is 0 Å². The van der Waals surface area contributed by atoms with Gasteiger partial charge in [-0.25, -0.2) is 0 Å². The van der Waals surface area contributed by atoms with Crippen molar-refractivity contribution in [2.75, 3.05) is 13.1 Å². The number of hydrogen-bond donors (Lipinski definition) is 1. The average Bonchev–Trinajstić information content (AvgIpc) is 2.29. The molecule has 0 aromatic heterocycles. The van der Waals surface area contributed by atoms with Crippen molar-refractivity contribution in [3.05, 3.63) is 29.3 Å². The molecule has 1 atom stereocenters. The van der Waals surface area contributed by atoms with Gasteiger partial charge in [-0.15, -0.1) is 0 Å². The number of phenols is 1. The third kappa shape index (κ3) is 1.53. The van der Waals surface area contributed by atoms with E-state index in [-0.39, 0.29) is 0 Å². The van der Waals surface area contributed by atoms with Gasteiger partial charge < -0.3 is 5.11 Å². The zero-order valence-electron chi connectivity index (χ0n) is 8.95. The van der Waals surface area contributed by atoms with Gasteiger partial charge in [0.15, 0.2) is 0 Å². The van der Waals surface area contributed by atoms with Gasteiger partial charge in [0.25, 0.3) is 0 Å². The molecule has 0 spiro atoms. The molecule has 0 bridgehead atoms. The van der Waals surface area contributed by atoms with Crippen LogP contribution in [0.5, 0.6) is 5.75 Å². The summed E-state index contributed by atoms with van der Waals surface area (Å²) >= 11 is 0. The van der Waals surface area contributed by atoms with E-state index in [9.17, 15) is 5.11 Å². The minimum Gasteiger partial charge on any atom is -0.508 e. The molecule has 0 radical (unpaired) electrons. The fourth-order valence-corrected chi connectivity index (χ4v) is 3.00. The smallest absolute Gasteiger partial charge is 0.115 e. The third-order valence-corrected chi connectivity index (χ3v) is 3.77. The molecule has 2 heterocycles. The standard InChI is InChI=1S/C13H17NO/c15-11-5-4-10-6-8-14-7-2-1-3-13(14)12(10)9-11/h4-5,9,13,15H,1-3,6-8H2/t13-/m0/s1. The maximum absolute atomic E-state index is 9.56. The second-order valence-corrected chi connectivity index (χ2v) is 4.68. The minimum atomic E-state index is 0.418. The van der Waals surface area contributed by atoms with Gasteiger partial charge in [-0.3, -0.25) is 4.90 Å². The molecule has 1 fully saturated rings. The topological polar surface area (TPSA) is 23.5 Å². The monoisotopic (exact) mass is 203 g/mol. The Labute approximate surface area is 90.5 Å². The number of piperidine rings is 1. The molecule has 2 aliphatic heterocycles. The van der Waals surface area contributed by atoms with Gasteiger partial charge in [0.2, 0.25) is 0 Å². The van der Waals surface area contributed by atoms with Crippen LogP contribution in [-0.2, 0) is 6.42 Å². The SMILES string of the molecule is Oc1ccc2c(c1)[C@@H]1CCCCN1CC2. The minimum absolute atomic E-state index is 0.418. The lowest BCUT2D eigenvalue weighted by molar-refractivity contribution is 0.138. The van der Waals surface area contributed by atoms with Gasteiger partial charge in [-0.2, -0.15) is 0 Å². The van der Waals surface area contributed by atoms with Gasteiger partial charge in [0.05, 0.1) is 0 Å². The van der Waals surface area contributed by atoms with Gasteiger partial charge in [-0.1, -0.05) is 12.5 Å². The van der Waals surface area contributed by atoms with Crippen LogP contribution >= 0.6 is 0 Å². The van der Waals surface area contributed by atoms with Crippen molar-refractivity contribution in [1.29, 1.82) is 0 Å². The Morgan fingerprint density at radius 1 is 1.20 bits per heavy atom. The van der Waals surface area contributed by atoms with E-state index in [0.29, 0.717) is 11.8 Å². The molecular weight excluding hydrogens is 186 g/mol. The highest BCUT2D eigenvalue weighted by atomic mass is 16.3. The number of phenolic OH excluding ortho intramolecular Hbond substituents is 1. The van der Waals surface area contributed by atoms with Crippen LogP contribution in [-0.4, -0.2) is 23.1 Å². The highest BCUT2D eigenvalue weighted by Crippen LogP contribution is 2.37. The summed E-state index contributed by atoms with van der Waals surface area (Å²) in [6.07, 6.45) is 5.07. The van der Waals surface area contributed by atoms with E-state index in [1.54, 1.807) is 0 Å². The number of nitrogens with zero attached hydrogens (tertiary/aromatic N) is 1. The molecule has 0 unspecified atom stereocenters. The molecule has 3 rings (SSSR count). The maximum Gasteiger partial charge on any atom is 0.115 e. The number of hydrogen-bond acceptors (Lipinski definition) is 2. The number of rotatable bonds is 0. The van der Waals surface area contributed by atoms with Crippen LogP contribution in [0.3, 0.4) is 0 Å². The Morgan fingerprint density at radius 3 is 3.07 bits per heavy atom. The van der Waals surface area contributed by atoms with Gasteiger partial charge in [0, 0.05) is 12.6 Å². The molecule has 1 aromatic rings. The van der Waals surface area contributed by atoms with E-state index in [4.69, 9.17) is 0 Å². The molecule has 0 amide bonds. The second-order valence-electron chi connectivity index (χ2n) is 4.68. The first kappa shape index (κ1) is 9.22. The largest absolute Gasteiger partial charge is 0.508 e. The summed E-state index contributed by atoms with van der Waals surface area (Å²) in [5.41, 5.74) is 2.82. The fourth-order valence-electron chi connectivity index (χ4n) is 3.00. The molecule has 2 heteroatoms. The lowest BCUT2D eigenvalue weighted by Crippen LogP contribution is -2.38. The molecule has 1 saturated heterocycles. The van der Waals surface area contributed by atoms with E-state index in [0.717, 1.165) is 6.42 Å². The molecule has 1 N–H and O–H groups in total. The molecule has 1 aromatic carbocycles. The van der Waals surface area contributed by atoms with Crippen LogP contribution in [0, 0.1) is 0 Å². The molecule has 0 aliphatic carbocycles. The van der Waals surface area contributed by atoms with E-state index in [1.807, 2.05) is 12.1 Å². The van der Waals surface area contributed by atoms with Gasteiger partial charge in [0.1, 0.15) is 5.75 Å². The number of benzene rings is 1. The first-order valence-electron chi connectivity index (χ1n) is 5.90. The van der Waals surface area contributed by atoms with Crippen molar-refractivity contribution < 1.29 is 5.11 Å². The second kappa shape index (κ2) is 3.53. The van der Waals surface area contributed by atoms with Crippen LogP contribution in [0.4, 0.5) is 0 Å². The van der Waals surface area contributed by atoms with Crippen LogP contribution in [0.25, 0.3) is 0 Å². The predicted octanol–water partition coefficient (Wildman–Crippen LogP) is 2.48. The first-order valence-corrected chi connectivity index (χ1v) is 5.90. The van der Waals surface area contributed by atoms with Gasteiger partial charge >= 0.3 is 0 Å². The Bertz CT molecular complexity index is 375. The number of aromatic hydroxyl groups is 1. The zero-order chi connectivity index (χ0) is 10.3. The quantitative estimate of drug-likeness (QED) is 0.700. The van der Waals surface area contributed by atoms with Crippen LogP contribution in [0.15, 0.2) is 18.2 Å². The highest BCUT2D eigenvalue weighted by molar-refractivity contribution is 5.38. The van der Waals surface area contributed by atoms with Crippen LogP contribution in [0.2, 0.25) is 0 Å².